The third-order valence-corrected chi connectivity index (χ3v) is 4.09. The molecule has 3 nitrogen and oxygen atoms in total. The molecule has 0 radical (unpaired) electrons. The fraction of sp³-hybridized carbons (Fsp3) is 0.167. The van der Waals surface area contributed by atoms with E-state index in [1.807, 2.05) is 0 Å². The number of benzene rings is 2. The SMILES string of the molecule is COC(=O)CCc1c(-c2ccc(F)cc2)[nH]c2c(F)cc(Cl)cc12. The highest BCUT2D eigenvalue weighted by atomic mass is 35.5. The third kappa shape index (κ3) is 3.12. The third-order valence-electron chi connectivity index (χ3n) is 3.87. The van der Waals surface area contributed by atoms with Crippen molar-refractivity contribution in [2.75, 3.05) is 7.11 Å². The summed E-state index contributed by atoms with van der Waals surface area (Å²) in [5.74, 6) is -1.21. The minimum absolute atomic E-state index is 0.145. The Balaban J connectivity index is 2.17. The first-order chi connectivity index (χ1) is 11.5. The Hall–Kier alpha value is -2.40. The molecule has 0 fully saturated rings. The number of carbonyl (C=O) groups is 1. The van der Waals surface area contributed by atoms with Crippen LogP contribution >= 0.6 is 11.6 Å². The minimum atomic E-state index is -0.481. The first-order valence-electron chi connectivity index (χ1n) is 7.32. The van der Waals surface area contributed by atoms with Gasteiger partial charge < -0.3 is 9.72 Å². The van der Waals surface area contributed by atoms with Crippen LogP contribution in [0.2, 0.25) is 5.02 Å². The van der Waals surface area contributed by atoms with Gasteiger partial charge in [-0.2, -0.15) is 0 Å². The summed E-state index contributed by atoms with van der Waals surface area (Å²) in [4.78, 5) is 14.5. The van der Waals surface area contributed by atoms with Crippen LogP contribution in [0, 0.1) is 11.6 Å². The Morgan fingerprint density at radius 1 is 1.21 bits per heavy atom. The molecule has 0 amide bonds. The van der Waals surface area contributed by atoms with Crippen LogP contribution < -0.4 is 0 Å². The van der Waals surface area contributed by atoms with Crippen molar-refractivity contribution in [1.29, 1.82) is 0 Å². The van der Waals surface area contributed by atoms with E-state index < -0.39 is 5.82 Å². The molecular formula is C18H14ClF2NO2. The minimum Gasteiger partial charge on any atom is -0.469 e. The molecule has 124 valence electrons. The maximum atomic E-state index is 14.2. The number of aromatic amines is 1. The number of halogens is 3. The van der Waals surface area contributed by atoms with Gasteiger partial charge in [-0.15, -0.1) is 0 Å². The summed E-state index contributed by atoms with van der Waals surface area (Å²) in [6.07, 6.45) is 0.491. The average molecular weight is 350 g/mol. The Morgan fingerprint density at radius 2 is 1.92 bits per heavy atom. The number of hydrogen-bond acceptors (Lipinski definition) is 2. The van der Waals surface area contributed by atoms with Crippen molar-refractivity contribution in [3.8, 4) is 11.3 Å². The summed E-state index contributed by atoms with van der Waals surface area (Å²) in [7, 11) is 1.31. The molecule has 0 bridgehead atoms. The Kier molecular flexibility index (Phi) is 4.53. The molecule has 2 aromatic carbocycles. The second-order valence-corrected chi connectivity index (χ2v) is 5.81. The van der Waals surface area contributed by atoms with Gasteiger partial charge in [0.1, 0.15) is 11.6 Å². The molecular weight excluding hydrogens is 336 g/mol. The number of methoxy groups -OCH3 is 1. The molecule has 0 spiro atoms. The van der Waals surface area contributed by atoms with Gasteiger partial charge in [0.2, 0.25) is 0 Å². The highest BCUT2D eigenvalue weighted by Gasteiger charge is 2.17. The van der Waals surface area contributed by atoms with Gasteiger partial charge in [0.05, 0.1) is 12.6 Å². The quantitative estimate of drug-likeness (QED) is 0.683. The second-order valence-electron chi connectivity index (χ2n) is 5.37. The van der Waals surface area contributed by atoms with E-state index in [9.17, 15) is 13.6 Å². The summed E-state index contributed by atoms with van der Waals surface area (Å²) in [5, 5.41) is 0.868. The van der Waals surface area contributed by atoms with Gasteiger partial charge in [-0.3, -0.25) is 4.79 Å². The molecule has 1 aromatic heterocycles. The largest absolute Gasteiger partial charge is 0.469 e. The molecule has 0 aliphatic rings. The lowest BCUT2D eigenvalue weighted by Crippen LogP contribution is -2.02. The summed E-state index contributed by atoms with van der Waals surface area (Å²) < 4.78 is 32.1. The summed E-state index contributed by atoms with van der Waals surface area (Å²) in [6.45, 7) is 0. The van der Waals surface area contributed by atoms with E-state index in [0.717, 1.165) is 5.56 Å². The number of carbonyl (C=O) groups excluding carboxylic acids is 1. The molecule has 0 saturated heterocycles. The van der Waals surface area contributed by atoms with E-state index in [1.165, 1.54) is 25.3 Å². The number of hydrogen-bond donors (Lipinski definition) is 1. The van der Waals surface area contributed by atoms with Crippen molar-refractivity contribution in [2.45, 2.75) is 12.8 Å². The van der Waals surface area contributed by atoms with Crippen molar-refractivity contribution < 1.29 is 18.3 Å². The van der Waals surface area contributed by atoms with Crippen LogP contribution in [0.4, 0.5) is 8.78 Å². The fourth-order valence-corrected chi connectivity index (χ4v) is 2.93. The molecule has 1 N–H and O–H groups in total. The molecule has 0 aliphatic heterocycles. The van der Waals surface area contributed by atoms with Crippen molar-refractivity contribution in [3.05, 3.63) is 58.6 Å². The van der Waals surface area contributed by atoms with Gasteiger partial charge in [-0.25, -0.2) is 8.78 Å². The van der Waals surface area contributed by atoms with E-state index in [-0.39, 0.29) is 23.2 Å². The first-order valence-corrected chi connectivity index (χ1v) is 7.69. The zero-order valence-corrected chi connectivity index (χ0v) is 13.6. The van der Waals surface area contributed by atoms with E-state index in [0.29, 0.717) is 28.6 Å². The summed E-state index contributed by atoms with van der Waals surface area (Å²) in [6, 6.07) is 8.72. The van der Waals surface area contributed by atoms with E-state index in [4.69, 9.17) is 11.6 Å². The Bertz CT molecular complexity index is 904. The standard InChI is InChI=1S/C18H14ClF2NO2/c1-24-16(23)7-6-13-14-8-11(19)9-15(21)18(14)22-17(13)10-2-4-12(20)5-3-10/h2-5,8-9,22H,6-7H2,1H3. The molecule has 0 aliphatic carbocycles. The van der Waals surface area contributed by atoms with Crippen molar-refractivity contribution in [3.63, 3.8) is 0 Å². The normalized spacial score (nSPS) is 11.0. The van der Waals surface area contributed by atoms with Crippen LogP contribution in [0.3, 0.4) is 0 Å². The van der Waals surface area contributed by atoms with Gasteiger partial charge in [0.25, 0.3) is 0 Å². The summed E-state index contributed by atoms with van der Waals surface area (Å²) >= 11 is 5.97. The highest BCUT2D eigenvalue weighted by Crippen LogP contribution is 2.34. The van der Waals surface area contributed by atoms with Crippen LogP contribution in [-0.4, -0.2) is 18.1 Å². The van der Waals surface area contributed by atoms with Crippen molar-refractivity contribution in [1.82, 2.24) is 4.98 Å². The second kappa shape index (κ2) is 6.61. The lowest BCUT2D eigenvalue weighted by Gasteiger charge is -2.05. The number of aryl methyl sites for hydroxylation is 1. The Morgan fingerprint density at radius 3 is 2.58 bits per heavy atom. The lowest BCUT2D eigenvalue weighted by molar-refractivity contribution is -0.140. The predicted octanol–water partition coefficient (Wildman–Crippen LogP) is 4.87. The maximum absolute atomic E-state index is 14.2. The highest BCUT2D eigenvalue weighted by molar-refractivity contribution is 6.31. The first kappa shape index (κ1) is 16.5. The number of ether oxygens (including phenoxy) is 1. The smallest absolute Gasteiger partial charge is 0.305 e. The molecule has 3 aromatic rings. The van der Waals surface area contributed by atoms with Gasteiger partial charge in [-0.1, -0.05) is 11.6 Å². The number of H-pyrrole nitrogens is 1. The van der Waals surface area contributed by atoms with E-state index in [2.05, 4.69) is 9.72 Å². The van der Waals surface area contributed by atoms with Crippen LogP contribution in [0.15, 0.2) is 36.4 Å². The van der Waals surface area contributed by atoms with E-state index >= 15 is 0 Å². The number of aromatic nitrogens is 1. The number of esters is 1. The topological polar surface area (TPSA) is 42.1 Å². The monoisotopic (exact) mass is 349 g/mol. The van der Waals surface area contributed by atoms with Gasteiger partial charge in [0, 0.05) is 22.5 Å². The molecule has 3 rings (SSSR count). The molecule has 0 saturated carbocycles. The van der Waals surface area contributed by atoms with Crippen LogP contribution in [-0.2, 0) is 16.0 Å². The fourth-order valence-electron chi connectivity index (χ4n) is 2.73. The molecule has 0 atom stereocenters. The zero-order chi connectivity index (χ0) is 17.3. The molecule has 1 heterocycles. The van der Waals surface area contributed by atoms with E-state index in [1.54, 1.807) is 18.2 Å². The summed E-state index contributed by atoms with van der Waals surface area (Å²) in [5.41, 5.74) is 2.38. The molecule has 6 heteroatoms. The number of fused-ring (bicyclic) bond motifs is 1. The Labute approximate surface area is 142 Å². The average Bonchev–Trinajstić information content (AvgIpc) is 2.92. The van der Waals surface area contributed by atoms with Gasteiger partial charge >= 0.3 is 5.97 Å². The maximum Gasteiger partial charge on any atom is 0.305 e. The molecule has 0 unspecified atom stereocenters. The lowest BCUT2D eigenvalue weighted by atomic mass is 10.0. The van der Waals surface area contributed by atoms with Crippen molar-refractivity contribution >= 4 is 28.5 Å². The van der Waals surface area contributed by atoms with Crippen molar-refractivity contribution in [2.24, 2.45) is 0 Å². The van der Waals surface area contributed by atoms with Gasteiger partial charge in [0.15, 0.2) is 0 Å². The zero-order valence-electron chi connectivity index (χ0n) is 12.8. The van der Waals surface area contributed by atoms with Crippen LogP contribution in [0.25, 0.3) is 22.2 Å². The van der Waals surface area contributed by atoms with Crippen LogP contribution in [0.1, 0.15) is 12.0 Å². The number of rotatable bonds is 4. The molecule has 24 heavy (non-hydrogen) atoms. The van der Waals surface area contributed by atoms with Gasteiger partial charge in [-0.05, 0) is 53.9 Å². The van der Waals surface area contributed by atoms with Crippen LogP contribution in [0.5, 0.6) is 0 Å². The predicted molar refractivity (Wildman–Crippen MR) is 89.0 cm³/mol. The number of nitrogens with one attached hydrogen (secondary N) is 1.